The van der Waals surface area contributed by atoms with Crippen LogP contribution in [0.15, 0.2) is 109 Å². The molecule has 6 heteroatoms. The van der Waals surface area contributed by atoms with Gasteiger partial charge in [0.2, 0.25) is 0 Å². The molecule has 154 valence electrons. The molecule has 0 fully saturated rings. The molecule has 0 spiro atoms. The van der Waals surface area contributed by atoms with Gasteiger partial charge in [0, 0.05) is 23.1 Å². The van der Waals surface area contributed by atoms with E-state index in [0.29, 0.717) is 0 Å². The van der Waals surface area contributed by atoms with Crippen LogP contribution in [0.4, 0.5) is 5.69 Å². The van der Waals surface area contributed by atoms with E-state index in [9.17, 15) is 10.1 Å². The van der Waals surface area contributed by atoms with Crippen LogP contribution in [0.1, 0.15) is 16.7 Å². The zero-order chi connectivity index (χ0) is 22.1. The second kappa shape index (κ2) is 7.82. The van der Waals surface area contributed by atoms with Crippen LogP contribution in [0.5, 0.6) is 0 Å². The monoisotopic (exact) mass is 417 g/mol. The third-order valence-electron chi connectivity index (χ3n) is 5.95. The van der Waals surface area contributed by atoms with Gasteiger partial charge < -0.3 is 0 Å². The Hall–Kier alpha value is -4.19. The van der Waals surface area contributed by atoms with Crippen LogP contribution in [0.25, 0.3) is 10.9 Å². The molecule has 0 radical (unpaired) electrons. The van der Waals surface area contributed by atoms with Crippen molar-refractivity contribution in [3.05, 3.63) is 136 Å². The van der Waals surface area contributed by atoms with Gasteiger partial charge in [0.25, 0.3) is 5.69 Å². The second-order valence-electron chi connectivity index (χ2n) is 7.76. The van der Waals surface area contributed by atoms with E-state index in [-0.39, 0.29) is 10.6 Å². The second-order valence-corrected chi connectivity index (χ2v) is 7.76. The Bertz CT molecular complexity index is 1300. The number of hydrogen-bond acceptors (Lipinski definition) is 3. The van der Waals surface area contributed by atoms with Crippen LogP contribution in [-0.2, 0) is 5.54 Å². The molecule has 0 saturated heterocycles. The lowest BCUT2D eigenvalue weighted by atomic mass is 9.77. The van der Waals surface area contributed by atoms with Crippen LogP contribution in [0.2, 0.25) is 0 Å². The van der Waals surface area contributed by atoms with Crippen molar-refractivity contribution in [2.45, 2.75) is 5.54 Å². The molecule has 5 aromatic rings. The average molecular weight is 417 g/mol. The summed E-state index contributed by atoms with van der Waals surface area (Å²) < 4.78 is 2.02. The van der Waals surface area contributed by atoms with Gasteiger partial charge in [0.15, 0.2) is 7.85 Å². The van der Waals surface area contributed by atoms with Crippen LogP contribution >= 0.6 is 0 Å². The molecule has 0 saturated carbocycles. The molecule has 0 atom stereocenters. The van der Waals surface area contributed by atoms with Gasteiger partial charge >= 0.3 is 0 Å². The highest BCUT2D eigenvalue weighted by Crippen LogP contribution is 2.42. The summed E-state index contributed by atoms with van der Waals surface area (Å²) in [5.74, 6) is 0. The molecule has 0 aliphatic rings. The number of hydrogen-bond donors (Lipinski definition) is 0. The largest absolute Gasteiger partial charge is 0.270 e. The minimum absolute atomic E-state index is 0.0601. The summed E-state index contributed by atoms with van der Waals surface area (Å²) in [5.41, 5.74) is 4.05. The number of nitrogens with zero attached hydrogens (tertiary/aromatic N) is 3. The zero-order valence-corrected chi connectivity index (χ0v) is 17.6. The SMILES string of the molecule is Bc1nn(C(c2ccccc2)(c2ccccc2)c2ccccc2)c2ccc([N+](=O)[O-])cc12. The van der Waals surface area contributed by atoms with E-state index in [4.69, 9.17) is 5.10 Å². The highest BCUT2D eigenvalue weighted by molar-refractivity contribution is 6.37. The fourth-order valence-corrected chi connectivity index (χ4v) is 4.53. The van der Waals surface area contributed by atoms with Gasteiger partial charge in [-0.3, -0.25) is 10.1 Å². The van der Waals surface area contributed by atoms with E-state index in [2.05, 4.69) is 36.4 Å². The Labute approximate surface area is 186 Å². The fourth-order valence-electron chi connectivity index (χ4n) is 4.53. The fraction of sp³-hybridized carbons (Fsp3) is 0.0385. The normalized spacial score (nSPS) is 11.5. The van der Waals surface area contributed by atoms with E-state index in [0.717, 1.165) is 33.2 Å². The molecule has 0 N–H and O–H groups in total. The van der Waals surface area contributed by atoms with Gasteiger partial charge in [-0.1, -0.05) is 91.0 Å². The molecule has 0 bridgehead atoms. The molecule has 1 heterocycles. The maximum Gasteiger partial charge on any atom is 0.270 e. The first-order chi connectivity index (χ1) is 15.6. The molecule has 1 aromatic heterocycles. The molecule has 0 aliphatic carbocycles. The molecular weight excluding hydrogens is 397 g/mol. The quantitative estimate of drug-likeness (QED) is 0.188. The molecule has 32 heavy (non-hydrogen) atoms. The lowest BCUT2D eigenvalue weighted by Gasteiger charge is -2.37. The Morgan fingerprint density at radius 1 is 0.750 bits per heavy atom. The third kappa shape index (κ3) is 3.00. The maximum absolute atomic E-state index is 11.4. The third-order valence-corrected chi connectivity index (χ3v) is 5.95. The highest BCUT2D eigenvalue weighted by atomic mass is 16.6. The van der Waals surface area contributed by atoms with Gasteiger partial charge in [-0.2, -0.15) is 5.10 Å². The number of benzene rings is 4. The van der Waals surface area contributed by atoms with Gasteiger partial charge in [-0.05, 0) is 22.8 Å². The van der Waals surface area contributed by atoms with E-state index in [1.807, 2.05) is 67.1 Å². The molecule has 4 aromatic carbocycles. The van der Waals surface area contributed by atoms with Crippen LogP contribution in [0, 0.1) is 10.1 Å². The van der Waals surface area contributed by atoms with Crippen molar-refractivity contribution in [2.24, 2.45) is 0 Å². The molecule has 0 unspecified atom stereocenters. The van der Waals surface area contributed by atoms with Crippen molar-refractivity contribution in [3.8, 4) is 0 Å². The summed E-state index contributed by atoms with van der Waals surface area (Å²) in [7, 11) is 1.90. The molecule has 5 rings (SSSR count). The Kier molecular flexibility index (Phi) is 4.83. The summed E-state index contributed by atoms with van der Waals surface area (Å²) in [5, 5.41) is 17.2. The summed E-state index contributed by atoms with van der Waals surface area (Å²) in [6, 6.07) is 35.8. The molecule has 0 aliphatic heterocycles. The van der Waals surface area contributed by atoms with E-state index in [1.165, 1.54) is 0 Å². The number of nitro benzene ring substituents is 1. The van der Waals surface area contributed by atoms with Crippen molar-refractivity contribution in [1.82, 2.24) is 9.78 Å². The number of rotatable bonds is 5. The predicted molar refractivity (Wildman–Crippen MR) is 129 cm³/mol. The smallest absolute Gasteiger partial charge is 0.258 e. The van der Waals surface area contributed by atoms with Gasteiger partial charge in [0.1, 0.15) is 5.54 Å². The number of aromatic nitrogens is 2. The summed E-state index contributed by atoms with van der Waals surface area (Å²) in [6.07, 6.45) is 0. The van der Waals surface area contributed by atoms with E-state index < -0.39 is 5.54 Å². The number of non-ortho nitro benzene ring substituents is 1. The van der Waals surface area contributed by atoms with E-state index >= 15 is 0 Å². The first-order valence-corrected chi connectivity index (χ1v) is 10.4. The number of nitro groups is 1. The van der Waals surface area contributed by atoms with Crippen molar-refractivity contribution in [2.75, 3.05) is 0 Å². The van der Waals surface area contributed by atoms with Crippen LogP contribution in [0.3, 0.4) is 0 Å². The molecule has 0 amide bonds. The molecular formula is C26H20BN3O2. The Morgan fingerprint density at radius 3 is 1.66 bits per heavy atom. The molecule has 5 nitrogen and oxygen atoms in total. The lowest BCUT2D eigenvalue weighted by Crippen LogP contribution is -2.39. The maximum atomic E-state index is 11.4. The number of fused-ring (bicyclic) bond motifs is 1. The average Bonchev–Trinajstić information content (AvgIpc) is 3.18. The van der Waals surface area contributed by atoms with Crippen molar-refractivity contribution in [3.63, 3.8) is 0 Å². The topological polar surface area (TPSA) is 61.0 Å². The predicted octanol–water partition coefficient (Wildman–Crippen LogP) is 4.04. The summed E-state index contributed by atoms with van der Waals surface area (Å²) in [6.45, 7) is 0. The van der Waals surface area contributed by atoms with Crippen molar-refractivity contribution < 1.29 is 4.92 Å². The minimum atomic E-state index is -0.758. The zero-order valence-electron chi connectivity index (χ0n) is 17.6. The Balaban J connectivity index is 1.95. The summed E-state index contributed by atoms with van der Waals surface area (Å²) in [4.78, 5) is 11.0. The van der Waals surface area contributed by atoms with Crippen molar-refractivity contribution in [1.29, 1.82) is 0 Å². The van der Waals surface area contributed by atoms with Crippen molar-refractivity contribution >= 4 is 30.0 Å². The van der Waals surface area contributed by atoms with Crippen LogP contribution in [-0.4, -0.2) is 22.6 Å². The lowest BCUT2D eigenvalue weighted by molar-refractivity contribution is -0.384. The van der Waals surface area contributed by atoms with Gasteiger partial charge in [0.05, 0.1) is 10.4 Å². The van der Waals surface area contributed by atoms with Gasteiger partial charge in [-0.15, -0.1) is 0 Å². The van der Waals surface area contributed by atoms with E-state index in [1.54, 1.807) is 18.2 Å². The Morgan fingerprint density at radius 2 is 1.22 bits per heavy atom. The minimum Gasteiger partial charge on any atom is -0.258 e. The first-order valence-electron chi connectivity index (χ1n) is 10.4. The first kappa shape index (κ1) is 19.8. The van der Waals surface area contributed by atoms with Gasteiger partial charge in [-0.25, -0.2) is 4.68 Å². The standard InChI is InChI=1S/C26H20BN3O2/c27-25-23-18-22(30(31)32)16-17-24(23)29(28-25)26(19-10-4-1-5-11-19,20-12-6-2-7-13-20)21-14-8-3-9-15-21/h1-18H,27H2. The van der Waals surface area contributed by atoms with Crippen LogP contribution < -0.4 is 5.59 Å². The highest BCUT2D eigenvalue weighted by Gasteiger charge is 2.40. The summed E-state index contributed by atoms with van der Waals surface area (Å²) >= 11 is 0.